The lowest BCUT2D eigenvalue weighted by molar-refractivity contribution is 0.0950. The zero-order valence-electron chi connectivity index (χ0n) is 13.1. The van der Waals surface area contributed by atoms with E-state index in [9.17, 15) is 9.18 Å². The van der Waals surface area contributed by atoms with Crippen molar-refractivity contribution in [1.82, 2.24) is 19.9 Å². The average Bonchev–Trinajstić information content (AvgIpc) is 3.02. The van der Waals surface area contributed by atoms with Crippen LogP contribution in [0.25, 0.3) is 5.82 Å². The highest BCUT2D eigenvalue weighted by molar-refractivity contribution is 6.36. The number of imidazole rings is 1. The van der Waals surface area contributed by atoms with E-state index in [1.807, 2.05) is 17.6 Å². The first-order chi connectivity index (χ1) is 12.0. The Morgan fingerprint density at radius 1 is 1.24 bits per heavy atom. The van der Waals surface area contributed by atoms with E-state index in [-0.39, 0.29) is 22.2 Å². The van der Waals surface area contributed by atoms with E-state index in [0.29, 0.717) is 5.82 Å². The van der Waals surface area contributed by atoms with Gasteiger partial charge in [-0.15, -0.1) is 0 Å². The van der Waals surface area contributed by atoms with Gasteiger partial charge < -0.3 is 5.32 Å². The summed E-state index contributed by atoms with van der Waals surface area (Å²) in [5.74, 6) is 0.227. The van der Waals surface area contributed by atoms with Crippen molar-refractivity contribution in [2.75, 3.05) is 0 Å². The fraction of sp³-hybridized carbons (Fsp3) is 0.118. The average molecular weight is 379 g/mol. The fourth-order valence-electron chi connectivity index (χ4n) is 2.35. The second kappa shape index (κ2) is 7.21. The molecule has 3 rings (SSSR count). The maximum absolute atomic E-state index is 13.6. The van der Waals surface area contributed by atoms with Gasteiger partial charge in [-0.1, -0.05) is 29.3 Å². The van der Waals surface area contributed by atoms with Crippen LogP contribution in [0.3, 0.4) is 0 Å². The summed E-state index contributed by atoms with van der Waals surface area (Å²) in [5.41, 5.74) is 0.801. The number of nitrogens with zero attached hydrogens (tertiary/aromatic N) is 3. The molecule has 0 saturated carbocycles. The zero-order chi connectivity index (χ0) is 18.0. The van der Waals surface area contributed by atoms with Gasteiger partial charge in [-0.05, 0) is 25.1 Å². The molecular weight excluding hydrogens is 366 g/mol. The number of aromatic nitrogens is 3. The molecule has 1 aromatic carbocycles. The maximum atomic E-state index is 13.6. The molecule has 1 amide bonds. The van der Waals surface area contributed by atoms with Gasteiger partial charge in [-0.3, -0.25) is 9.36 Å². The van der Waals surface area contributed by atoms with Crippen molar-refractivity contribution in [3.05, 3.63) is 75.7 Å². The van der Waals surface area contributed by atoms with Crippen molar-refractivity contribution in [2.24, 2.45) is 0 Å². The van der Waals surface area contributed by atoms with Crippen LogP contribution in [0, 0.1) is 12.7 Å². The van der Waals surface area contributed by atoms with Crippen LogP contribution in [0.5, 0.6) is 0 Å². The molecule has 0 bridgehead atoms. The van der Waals surface area contributed by atoms with Gasteiger partial charge in [-0.2, -0.15) is 0 Å². The molecule has 0 spiro atoms. The number of carbonyl (C=O) groups excluding carboxylic acids is 1. The molecule has 1 N–H and O–H groups in total. The van der Waals surface area contributed by atoms with Crippen LogP contribution in [0.4, 0.5) is 4.39 Å². The fourth-order valence-corrected chi connectivity index (χ4v) is 2.82. The number of aryl methyl sites for hydroxylation is 1. The molecule has 0 atom stereocenters. The van der Waals surface area contributed by atoms with Crippen LogP contribution in [-0.2, 0) is 6.54 Å². The highest BCUT2D eigenvalue weighted by atomic mass is 35.5. The molecule has 0 saturated heterocycles. The van der Waals surface area contributed by atoms with Crippen molar-refractivity contribution in [1.29, 1.82) is 0 Å². The predicted molar refractivity (Wildman–Crippen MR) is 93.7 cm³/mol. The SMILES string of the molecule is Cc1nccn1-c1ncccc1CNC(=O)c1cc(F)c(Cl)cc1Cl. The summed E-state index contributed by atoms with van der Waals surface area (Å²) in [6.07, 6.45) is 5.11. The molecule has 5 nitrogen and oxygen atoms in total. The number of amides is 1. The largest absolute Gasteiger partial charge is 0.348 e. The highest BCUT2D eigenvalue weighted by Crippen LogP contribution is 2.24. The molecule has 2 heterocycles. The van der Waals surface area contributed by atoms with E-state index in [0.717, 1.165) is 17.5 Å². The first kappa shape index (κ1) is 17.4. The number of rotatable bonds is 4. The Morgan fingerprint density at radius 2 is 2.04 bits per heavy atom. The van der Waals surface area contributed by atoms with Crippen LogP contribution in [-0.4, -0.2) is 20.4 Å². The lowest BCUT2D eigenvalue weighted by Crippen LogP contribution is -2.24. The van der Waals surface area contributed by atoms with Crippen molar-refractivity contribution >= 4 is 29.1 Å². The third-order valence-electron chi connectivity index (χ3n) is 3.62. The summed E-state index contributed by atoms with van der Waals surface area (Å²) in [7, 11) is 0. The van der Waals surface area contributed by atoms with Gasteiger partial charge in [0.25, 0.3) is 5.91 Å². The number of pyridine rings is 1. The van der Waals surface area contributed by atoms with E-state index in [1.54, 1.807) is 24.7 Å². The number of benzene rings is 1. The number of nitrogens with one attached hydrogen (secondary N) is 1. The quantitative estimate of drug-likeness (QED) is 0.699. The minimum atomic E-state index is -0.702. The molecule has 3 aromatic rings. The van der Waals surface area contributed by atoms with Crippen LogP contribution in [0.2, 0.25) is 10.0 Å². The number of carbonyl (C=O) groups is 1. The monoisotopic (exact) mass is 378 g/mol. The summed E-state index contributed by atoms with van der Waals surface area (Å²) in [5, 5.41) is 2.67. The molecule has 0 aliphatic rings. The summed E-state index contributed by atoms with van der Waals surface area (Å²) in [6, 6.07) is 5.83. The molecule has 25 heavy (non-hydrogen) atoms. The molecular formula is C17H13Cl2FN4O. The molecule has 0 fully saturated rings. The van der Waals surface area contributed by atoms with Crippen molar-refractivity contribution in [3.63, 3.8) is 0 Å². The Hall–Kier alpha value is -2.44. The van der Waals surface area contributed by atoms with Gasteiger partial charge >= 0.3 is 0 Å². The Balaban J connectivity index is 1.82. The highest BCUT2D eigenvalue weighted by Gasteiger charge is 2.15. The molecule has 0 radical (unpaired) electrons. The number of hydrogen-bond acceptors (Lipinski definition) is 3. The van der Waals surface area contributed by atoms with E-state index in [2.05, 4.69) is 15.3 Å². The lowest BCUT2D eigenvalue weighted by atomic mass is 10.2. The minimum Gasteiger partial charge on any atom is -0.348 e. The van der Waals surface area contributed by atoms with Crippen molar-refractivity contribution in [2.45, 2.75) is 13.5 Å². The van der Waals surface area contributed by atoms with Crippen LogP contribution in [0.15, 0.2) is 42.9 Å². The van der Waals surface area contributed by atoms with Gasteiger partial charge in [0.15, 0.2) is 0 Å². The minimum absolute atomic E-state index is 0.0211. The first-order valence-corrected chi connectivity index (χ1v) is 8.10. The van der Waals surface area contributed by atoms with Gasteiger partial charge in [0.05, 0.1) is 15.6 Å². The zero-order valence-corrected chi connectivity index (χ0v) is 14.6. The third kappa shape index (κ3) is 3.65. The number of hydrogen-bond donors (Lipinski definition) is 1. The lowest BCUT2D eigenvalue weighted by Gasteiger charge is -2.12. The second-order valence-electron chi connectivity index (χ2n) is 5.26. The van der Waals surface area contributed by atoms with E-state index < -0.39 is 11.7 Å². The van der Waals surface area contributed by atoms with E-state index in [1.165, 1.54) is 6.07 Å². The normalized spacial score (nSPS) is 10.7. The van der Waals surface area contributed by atoms with Gasteiger partial charge in [0.1, 0.15) is 17.5 Å². The molecule has 2 aromatic heterocycles. The maximum Gasteiger partial charge on any atom is 0.253 e. The Labute approximate surface area is 153 Å². The standard InChI is InChI=1S/C17H13Cl2FN4O/c1-10-21-5-6-24(10)16-11(3-2-4-22-16)9-23-17(25)12-7-15(20)14(19)8-13(12)18/h2-8H,9H2,1H3,(H,23,25). The summed E-state index contributed by atoms with van der Waals surface area (Å²) in [6.45, 7) is 2.05. The van der Waals surface area contributed by atoms with E-state index in [4.69, 9.17) is 23.2 Å². The van der Waals surface area contributed by atoms with Gasteiger partial charge in [0.2, 0.25) is 0 Å². The molecule has 8 heteroatoms. The van der Waals surface area contributed by atoms with Gasteiger partial charge in [0, 0.05) is 30.7 Å². The summed E-state index contributed by atoms with van der Waals surface area (Å²) >= 11 is 11.6. The Morgan fingerprint density at radius 3 is 2.76 bits per heavy atom. The first-order valence-electron chi connectivity index (χ1n) is 7.34. The Kier molecular flexibility index (Phi) is 5.01. The van der Waals surface area contributed by atoms with Crippen LogP contribution in [0.1, 0.15) is 21.7 Å². The van der Waals surface area contributed by atoms with Crippen LogP contribution >= 0.6 is 23.2 Å². The Bertz CT molecular complexity index is 942. The topological polar surface area (TPSA) is 59.8 Å². The molecule has 0 aliphatic carbocycles. The second-order valence-corrected chi connectivity index (χ2v) is 6.07. The third-order valence-corrected chi connectivity index (χ3v) is 4.22. The van der Waals surface area contributed by atoms with Gasteiger partial charge in [-0.25, -0.2) is 14.4 Å². The molecule has 0 aliphatic heterocycles. The van der Waals surface area contributed by atoms with E-state index >= 15 is 0 Å². The number of halogens is 3. The van der Waals surface area contributed by atoms with Crippen molar-refractivity contribution in [3.8, 4) is 5.82 Å². The summed E-state index contributed by atoms with van der Waals surface area (Å²) in [4.78, 5) is 20.8. The molecule has 128 valence electrons. The predicted octanol–water partition coefficient (Wildman–Crippen LogP) is 3.95. The van der Waals surface area contributed by atoms with Crippen molar-refractivity contribution < 1.29 is 9.18 Å². The smallest absolute Gasteiger partial charge is 0.253 e. The van der Waals surface area contributed by atoms with Crippen LogP contribution < -0.4 is 5.32 Å². The summed E-state index contributed by atoms with van der Waals surface area (Å²) < 4.78 is 15.4. The molecule has 0 unspecified atom stereocenters.